The standard InChI is InChI=1S/C9H7BrN4O3/c10-6-1-5(2-7(3-6)14(15)16)9-13-12-8(4-11)17-9/h1-3H,4,11H2. The smallest absolute Gasteiger partial charge is 0.271 e. The van der Waals surface area contributed by atoms with Crippen LogP contribution in [0.1, 0.15) is 5.89 Å². The summed E-state index contributed by atoms with van der Waals surface area (Å²) in [6.45, 7) is 0.128. The summed E-state index contributed by atoms with van der Waals surface area (Å²) >= 11 is 3.18. The van der Waals surface area contributed by atoms with Gasteiger partial charge in [-0.1, -0.05) is 15.9 Å². The molecule has 7 nitrogen and oxygen atoms in total. The maximum Gasteiger partial charge on any atom is 0.271 e. The third-order valence-corrected chi connectivity index (χ3v) is 2.44. The summed E-state index contributed by atoms with van der Waals surface area (Å²) in [5, 5.41) is 18.1. The third-order valence-electron chi connectivity index (χ3n) is 1.98. The zero-order valence-corrected chi connectivity index (χ0v) is 10.0. The highest BCUT2D eigenvalue weighted by Gasteiger charge is 2.14. The molecule has 0 radical (unpaired) electrons. The van der Waals surface area contributed by atoms with Gasteiger partial charge in [-0.3, -0.25) is 10.1 Å². The normalized spacial score (nSPS) is 10.5. The van der Waals surface area contributed by atoms with Crippen molar-refractivity contribution in [3.63, 3.8) is 0 Å². The van der Waals surface area contributed by atoms with E-state index in [9.17, 15) is 10.1 Å². The van der Waals surface area contributed by atoms with Crippen molar-refractivity contribution in [3.8, 4) is 11.5 Å². The minimum atomic E-state index is -0.492. The molecule has 8 heteroatoms. The fourth-order valence-corrected chi connectivity index (χ4v) is 1.74. The van der Waals surface area contributed by atoms with Gasteiger partial charge in [0.15, 0.2) is 0 Å². The molecule has 0 unspecified atom stereocenters. The number of aromatic nitrogens is 2. The molecule has 0 atom stereocenters. The van der Waals surface area contributed by atoms with Crippen LogP contribution in [0.15, 0.2) is 27.1 Å². The number of nitro groups is 1. The predicted molar refractivity (Wildman–Crippen MR) is 62.0 cm³/mol. The first kappa shape index (κ1) is 11.7. The first-order chi connectivity index (χ1) is 8.10. The molecule has 0 amide bonds. The zero-order chi connectivity index (χ0) is 12.4. The van der Waals surface area contributed by atoms with E-state index in [0.29, 0.717) is 10.0 Å². The van der Waals surface area contributed by atoms with Crippen molar-refractivity contribution in [2.24, 2.45) is 5.73 Å². The summed E-state index contributed by atoms with van der Waals surface area (Å²) < 4.78 is 5.78. The lowest BCUT2D eigenvalue weighted by Crippen LogP contribution is -1.95. The minimum Gasteiger partial charge on any atom is -0.419 e. The molecule has 0 fully saturated rings. The summed E-state index contributed by atoms with van der Waals surface area (Å²) in [7, 11) is 0. The van der Waals surface area contributed by atoms with E-state index in [0.717, 1.165) is 0 Å². The Bertz CT molecular complexity index is 569. The molecular formula is C9H7BrN4O3. The van der Waals surface area contributed by atoms with Gasteiger partial charge in [-0.25, -0.2) is 0 Å². The number of nitro benzene ring substituents is 1. The highest BCUT2D eigenvalue weighted by Crippen LogP contribution is 2.27. The van der Waals surface area contributed by atoms with Crippen LogP contribution in [0, 0.1) is 10.1 Å². The molecule has 1 aromatic heterocycles. The largest absolute Gasteiger partial charge is 0.419 e. The molecule has 0 spiro atoms. The Balaban J connectivity index is 2.47. The van der Waals surface area contributed by atoms with E-state index in [1.165, 1.54) is 12.1 Å². The molecule has 0 bridgehead atoms. The number of nitrogens with two attached hydrogens (primary N) is 1. The summed E-state index contributed by atoms with van der Waals surface area (Å²) in [5.74, 6) is 0.484. The third kappa shape index (κ3) is 2.48. The molecule has 0 saturated heterocycles. The molecule has 0 aliphatic heterocycles. The lowest BCUT2D eigenvalue weighted by atomic mass is 10.2. The van der Waals surface area contributed by atoms with Crippen molar-refractivity contribution in [1.29, 1.82) is 0 Å². The number of benzene rings is 1. The molecule has 0 aliphatic rings. The van der Waals surface area contributed by atoms with E-state index in [-0.39, 0.29) is 24.0 Å². The second kappa shape index (κ2) is 4.60. The average molecular weight is 299 g/mol. The van der Waals surface area contributed by atoms with Gasteiger partial charge in [0.05, 0.1) is 11.5 Å². The summed E-state index contributed by atoms with van der Waals surface area (Å²) in [4.78, 5) is 10.2. The Hall–Kier alpha value is -1.80. The maximum atomic E-state index is 10.7. The van der Waals surface area contributed by atoms with E-state index in [1.54, 1.807) is 6.07 Å². The minimum absolute atomic E-state index is 0.0538. The fourth-order valence-electron chi connectivity index (χ4n) is 1.26. The topological polar surface area (TPSA) is 108 Å². The highest BCUT2D eigenvalue weighted by molar-refractivity contribution is 9.10. The molecule has 0 saturated carbocycles. The Kier molecular flexibility index (Phi) is 3.16. The number of nitrogens with zero attached hydrogens (tertiary/aromatic N) is 3. The van der Waals surface area contributed by atoms with Crippen LogP contribution < -0.4 is 5.73 Å². The van der Waals surface area contributed by atoms with E-state index in [4.69, 9.17) is 10.2 Å². The molecule has 2 aromatic rings. The average Bonchev–Trinajstić information content (AvgIpc) is 2.76. The molecule has 2 rings (SSSR count). The second-order valence-electron chi connectivity index (χ2n) is 3.16. The monoisotopic (exact) mass is 298 g/mol. The van der Waals surface area contributed by atoms with Gasteiger partial charge in [0.1, 0.15) is 0 Å². The van der Waals surface area contributed by atoms with Crippen molar-refractivity contribution < 1.29 is 9.34 Å². The van der Waals surface area contributed by atoms with Gasteiger partial charge in [-0.2, -0.15) is 0 Å². The molecule has 88 valence electrons. The molecule has 0 aliphatic carbocycles. The number of halogens is 1. The number of non-ortho nitro benzene ring substituents is 1. The van der Waals surface area contributed by atoms with Crippen LogP contribution in [0.5, 0.6) is 0 Å². The Morgan fingerprint density at radius 2 is 2.18 bits per heavy atom. The molecular weight excluding hydrogens is 292 g/mol. The van der Waals surface area contributed by atoms with Gasteiger partial charge in [0, 0.05) is 22.2 Å². The van der Waals surface area contributed by atoms with Gasteiger partial charge < -0.3 is 10.2 Å². The van der Waals surface area contributed by atoms with E-state index >= 15 is 0 Å². The maximum absolute atomic E-state index is 10.7. The van der Waals surface area contributed by atoms with Crippen LogP contribution in [0.25, 0.3) is 11.5 Å². The number of hydrogen-bond acceptors (Lipinski definition) is 6. The Morgan fingerprint density at radius 1 is 1.41 bits per heavy atom. The Labute approximate surface area is 104 Å². The zero-order valence-electron chi connectivity index (χ0n) is 8.46. The van der Waals surface area contributed by atoms with Gasteiger partial charge in [-0.05, 0) is 6.07 Å². The van der Waals surface area contributed by atoms with E-state index < -0.39 is 4.92 Å². The molecule has 1 heterocycles. The van der Waals surface area contributed by atoms with Crippen LogP contribution in [0.4, 0.5) is 5.69 Å². The molecule has 17 heavy (non-hydrogen) atoms. The van der Waals surface area contributed by atoms with Gasteiger partial charge >= 0.3 is 0 Å². The SMILES string of the molecule is NCc1nnc(-c2cc(Br)cc([N+](=O)[O-])c2)o1. The first-order valence-corrected chi connectivity index (χ1v) is 5.37. The highest BCUT2D eigenvalue weighted by atomic mass is 79.9. The van der Waals surface area contributed by atoms with E-state index in [2.05, 4.69) is 26.1 Å². The summed E-state index contributed by atoms with van der Waals surface area (Å²) in [5.41, 5.74) is 5.75. The van der Waals surface area contributed by atoms with Crippen molar-refractivity contribution >= 4 is 21.6 Å². The van der Waals surface area contributed by atoms with Gasteiger partial charge in [0.25, 0.3) is 5.69 Å². The van der Waals surface area contributed by atoms with Crippen molar-refractivity contribution in [1.82, 2.24) is 10.2 Å². The van der Waals surface area contributed by atoms with Gasteiger partial charge in [0.2, 0.25) is 11.8 Å². The Morgan fingerprint density at radius 3 is 2.76 bits per heavy atom. The van der Waals surface area contributed by atoms with E-state index in [1.807, 2.05) is 0 Å². The first-order valence-electron chi connectivity index (χ1n) is 4.58. The van der Waals surface area contributed by atoms with Crippen molar-refractivity contribution in [2.45, 2.75) is 6.54 Å². The second-order valence-corrected chi connectivity index (χ2v) is 4.08. The number of rotatable bonds is 3. The van der Waals surface area contributed by atoms with Crippen LogP contribution in [0.2, 0.25) is 0 Å². The lowest BCUT2D eigenvalue weighted by molar-refractivity contribution is -0.384. The summed E-state index contributed by atoms with van der Waals surface area (Å²) in [6, 6.07) is 4.41. The van der Waals surface area contributed by atoms with Gasteiger partial charge in [-0.15, -0.1) is 10.2 Å². The predicted octanol–water partition coefficient (Wildman–Crippen LogP) is 1.87. The molecule has 1 aromatic carbocycles. The van der Waals surface area contributed by atoms with Crippen LogP contribution >= 0.6 is 15.9 Å². The summed E-state index contributed by atoms with van der Waals surface area (Å²) in [6.07, 6.45) is 0. The fraction of sp³-hybridized carbons (Fsp3) is 0.111. The van der Waals surface area contributed by atoms with Crippen molar-refractivity contribution in [3.05, 3.63) is 38.7 Å². The lowest BCUT2D eigenvalue weighted by Gasteiger charge is -1.97. The van der Waals surface area contributed by atoms with Crippen LogP contribution in [0.3, 0.4) is 0 Å². The van der Waals surface area contributed by atoms with Crippen molar-refractivity contribution in [2.75, 3.05) is 0 Å². The molecule has 2 N–H and O–H groups in total. The van der Waals surface area contributed by atoms with Crippen LogP contribution in [-0.2, 0) is 6.54 Å². The quantitative estimate of drug-likeness (QED) is 0.684. The van der Waals surface area contributed by atoms with Crippen LogP contribution in [-0.4, -0.2) is 15.1 Å². The number of hydrogen-bond donors (Lipinski definition) is 1.